The largest absolute Gasteiger partial charge is 0.462 e. The fourth-order valence-corrected chi connectivity index (χ4v) is 2.47. The number of ketones is 1. The molecule has 0 saturated carbocycles. The zero-order valence-electron chi connectivity index (χ0n) is 14.6. The highest BCUT2D eigenvalue weighted by Crippen LogP contribution is 2.19. The molecule has 1 aromatic rings. The molecule has 0 aliphatic carbocycles. The van der Waals surface area contributed by atoms with Crippen molar-refractivity contribution >= 4 is 11.8 Å². The molecule has 24 heavy (non-hydrogen) atoms. The quantitative estimate of drug-likeness (QED) is 0.271. The summed E-state index contributed by atoms with van der Waals surface area (Å²) in [4.78, 5) is 24.5. The Hall–Kier alpha value is -2.42. The second kappa shape index (κ2) is 10.4. The first kappa shape index (κ1) is 19.6. The Balaban J connectivity index is 2.93. The summed E-state index contributed by atoms with van der Waals surface area (Å²) in [6, 6.07) is 3.81. The van der Waals surface area contributed by atoms with E-state index in [0.29, 0.717) is 18.6 Å². The number of hydrogen-bond acceptors (Lipinski definition) is 3. The molecule has 0 radical (unpaired) electrons. The first-order valence-corrected chi connectivity index (χ1v) is 8.18. The smallest absolute Gasteiger partial charge is 0.338 e. The van der Waals surface area contributed by atoms with E-state index in [9.17, 15) is 9.59 Å². The molecule has 0 fully saturated rings. The fourth-order valence-electron chi connectivity index (χ4n) is 2.47. The van der Waals surface area contributed by atoms with Crippen LogP contribution in [0.15, 0.2) is 49.6 Å². The molecule has 0 atom stereocenters. The van der Waals surface area contributed by atoms with Crippen molar-refractivity contribution in [1.29, 1.82) is 0 Å². The molecule has 0 N–H and O–H groups in total. The topological polar surface area (TPSA) is 43.4 Å². The Bertz CT molecular complexity index is 639. The van der Waals surface area contributed by atoms with Crippen LogP contribution in [0.1, 0.15) is 46.3 Å². The van der Waals surface area contributed by atoms with Gasteiger partial charge in [0.15, 0.2) is 5.78 Å². The van der Waals surface area contributed by atoms with Gasteiger partial charge >= 0.3 is 5.97 Å². The minimum Gasteiger partial charge on any atom is -0.462 e. The van der Waals surface area contributed by atoms with Crippen molar-refractivity contribution in [1.82, 2.24) is 0 Å². The third-order valence-electron chi connectivity index (χ3n) is 3.53. The summed E-state index contributed by atoms with van der Waals surface area (Å²) in [7, 11) is 0. The molecule has 0 heterocycles. The molecule has 0 aliphatic heterocycles. The Morgan fingerprint density at radius 1 is 1.08 bits per heavy atom. The van der Waals surface area contributed by atoms with Gasteiger partial charge in [-0.2, -0.15) is 0 Å². The van der Waals surface area contributed by atoms with Crippen LogP contribution in [0.3, 0.4) is 0 Å². The van der Waals surface area contributed by atoms with Gasteiger partial charge in [-0.05, 0) is 50.3 Å². The highest BCUT2D eigenvalue weighted by Gasteiger charge is 2.17. The van der Waals surface area contributed by atoms with Crippen molar-refractivity contribution in [3.63, 3.8) is 0 Å². The lowest BCUT2D eigenvalue weighted by Crippen LogP contribution is -2.13. The molecule has 0 spiro atoms. The average molecular weight is 326 g/mol. The maximum absolute atomic E-state index is 12.4. The molecule has 0 amide bonds. The lowest BCUT2D eigenvalue weighted by molar-refractivity contribution is -0.114. The fraction of sp³-hybridized carbons (Fsp3) is 0.333. The summed E-state index contributed by atoms with van der Waals surface area (Å²) >= 11 is 0. The van der Waals surface area contributed by atoms with E-state index >= 15 is 0 Å². The third kappa shape index (κ3) is 6.37. The molecule has 1 rings (SSSR count). The van der Waals surface area contributed by atoms with Crippen LogP contribution in [0.25, 0.3) is 0 Å². The summed E-state index contributed by atoms with van der Waals surface area (Å²) in [5, 5.41) is 0. The van der Waals surface area contributed by atoms with E-state index in [1.807, 2.05) is 38.1 Å². The van der Waals surface area contributed by atoms with Gasteiger partial charge in [-0.25, -0.2) is 4.79 Å². The number of benzene rings is 1. The monoisotopic (exact) mass is 326 g/mol. The number of carbonyl (C=O) groups excluding carboxylic acids is 2. The van der Waals surface area contributed by atoms with Crippen molar-refractivity contribution < 1.29 is 14.3 Å². The van der Waals surface area contributed by atoms with E-state index in [1.54, 1.807) is 12.2 Å². The van der Waals surface area contributed by atoms with Crippen molar-refractivity contribution in [2.24, 2.45) is 0 Å². The summed E-state index contributed by atoms with van der Waals surface area (Å²) in [5.41, 5.74) is 3.07. The second-order valence-electron chi connectivity index (χ2n) is 5.74. The number of aryl methyl sites for hydroxylation is 2. The van der Waals surface area contributed by atoms with Gasteiger partial charge < -0.3 is 4.74 Å². The number of allylic oxidation sites excluding steroid dienone is 3. The Kier molecular flexibility index (Phi) is 8.48. The normalized spacial score (nSPS) is 10.6. The number of hydrogen-bond donors (Lipinski definition) is 0. The van der Waals surface area contributed by atoms with Crippen LogP contribution in [0.2, 0.25) is 0 Å². The van der Waals surface area contributed by atoms with E-state index in [4.69, 9.17) is 4.74 Å². The van der Waals surface area contributed by atoms with Gasteiger partial charge in [-0.3, -0.25) is 4.79 Å². The Morgan fingerprint density at radius 3 is 2.46 bits per heavy atom. The van der Waals surface area contributed by atoms with Crippen LogP contribution < -0.4 is 0 Å². The van der Waals surface area contributed by atoms with Crippen molar-refractivity contribution in [2.45, 2.75) is 39.5 Å². The molecule has 3 nitrogen and oxygen atoms in total. The van der Waals surface area contributed by atoms with Crippen LogP contribution in [-0.4, -0.2) is 18.4 Å². The highest BCUT2D eigenvalue weighted by molar-refractivity contribution is 5.97. The molecular formula is C21H26O3. The number of unbranched alkanes of at least 4 members (excludes halogenated alkanes) is 1. The maximum Gasteiger partial charge on any atom is 0.338 e. The molecule has 0 unspecified atom stereocenters. The van der Waals surface area contributed by atoms with Crippen LogP contribution in [0, 0.1) is 13.8 Å². The SMILES string of the molecule is C=CCC/C=C/C(=O)Cc1cc(C)cc(C)c1C(=O)OCCC=C. The lowest BCUT2D eigenvalue weighted by atomic mass is 9.95. The number of ether oxygens (including phenoxy) is 1. The van der Waals surface area contributed by atoms with Crippen molar-refractivity contribution in [3.8, 4) is 0 Å². The number of rotatable bonds is 10. The van der Waals surface area contributed by atoms with Crippen molar-refractivity contribution in [2.75, 3.05) is 6.61 Å². The first-order chi connectivity index (χ1) is 11.5. The van der Waals surface area contributed by atoms with Gasteiger partial charge in [0.25, 0.3) is 0 Å². The van der Waals surface area contributed by atoms with E-state index in [-0.39, 0.29) is 18.2 Å². The summed E-state index contributed by atoms with van der Waals surface area (Å²) < 4.78 is 5.27. The van der Waals surface area contributed by atoms with Gasteiger partial charge in [0.1, 0.15) is 0 Å². The summed E-state index contributed by atoms with van der Waals surface area (Å²) in [5.74, 6) is -0.406. The van der Waals surface area contributed by atoms with Gasteiger partial charge in [0, 0.05) is 6.42 Å². The zero-order chi connectivity index (χ0) is 17.9. The van der Waals surface area contributed by atoms with Crippen LogP contribution in [0.4, 0.5) is 0 Å². The standard InChI is InChI=1S/C21H26O3/c1-5-7-9-10-11-19(22)15-18-14-16(3)13-17(4)20(18)21(23)24-12-8-6-2/h5-6,10-11,13-14H,1-2,7-9,12,15H2,3-4H3/b11-10+. The third-order valence-corrected chi connectivity index (χ3v) is 3.53. The second-order valence-corrected chi connectivity index (χ2v) is 5.74. The van der Waals surface area contributed by atoms with E-state index in [2.05, 4.69) is 13.2 Å². The molecule has 3 heteroatoms. The Labute approximate surface area is 144 Å². The summed E-state index contributed by atoms with van der Waals surface area (Å²) in [6.45, 7) is 11.4. The molecule has 1 aromatic carbocycles. The maximum atomic E-state index is 12.4. The zero-order valence-corrected chi connectivity index (χ0v) is 14.6. The summed E-state index contributed by atoms with van der Waals surface area (Å²) in [6.07, 6.45) is 9.37. The van der Waals surface area contributed by atoms with Gasteiger partial charge in [0.05, 0.1) is 12.2 Å². The van der Waals surface area contributed by atoms with Gasteiger partial charge in [0.2, 0.25) is 0 Å². The molecule has 128 valence electrons. The Morgan fingerprint density at radius 2 is 1.79 bits per heavy atom. The van der Waals surface area contributed by atoms with E-state index in [0.717, 1.165) is 29.5 Å². The van der Waals surface area contributed by atoms with Gasteiger partial charge in [-0.15, -0.1) is 13.2 Å². The number of carbonyl (C=O) groups is 2. The molecule has 0 aliphatic rings. The minimum absolute atomic E-state index is 0.0239. The molecule has 0 saturated heterocycles. The molecular weight excluding hydrogens is 300 g/mol. The minimum atomic E-state index is -0.382. The van der Waals surface area contributed by atoms with E-state index in [1.165, 1.54) is 0 Å². The number of esters is 1. The average Bonchev–Trinajstić information content (AvgIpc) is 2.51. The van der Waals surface area contributed by atoms with Crippen LogP contribution in [-0.2, 0) is 16.0 Å². The molecule has 0 aromatic heterocycles. The van der Waals surface area contributed by atoms with Crippen LogP contribution >= 0.6 is 0 Å². The predicted octanol–water partition coefficient (Wildman–Crippen LogP) is 4.67. The predicted molar refractivity (Wildman–Crippen MR) is 98.3 cm³/mol. The first-order valence-electron chi connectivity index (χ1n) is 8.18. The van der Waals surface area contributed by atoms with Gasteiger partial charge in [-0.1, -0.05) is 35.9 Å². The van der Waals surface area contributed by atoms with E-state index < -0.39 is 0 Å². The highest BCUT2D eigenvalue weighted by atomic mass is 16.5. The van der Waals surface area contributed by atoms with Crippen LogP contribution in [0.5, 0.6) is 0 Å². The molecule has 0 bridgehead atoms. The van der Waals surface area contributed by atoms with Crippen molar-refractivity contribution in [3.05, 3.63) is 71.8 Å². The lowest BCUT2D eigenvalue weighted by Gasteiger charge is -2.12.